The molecular formula is C15H23N. The van der Waals surface area contributed by atoms with Crippen LogP contribution in [0.2, 0.25) is 0 Å². The molecule has 1 aromatic rings. The quantitative estimate of drug-likeness (QED) is 0.755. The van der Waals surface area contributed by atoms with Crippen LogP contribution in [0.4, 0.5) is 0 Å². The Morgan fingerprint density at radius 2 is 1.88 bits per heavy atom. The van der Waals surface area contributed by atoms with E-state index >= 15 is 0 Å². The summed E-state index contributed by atoms with van der Waals surface area (Å²) in [6.45, 7) is 9.16. The van der Waals surface area contributed by atoms with Crippen molar-refractivity contribution >= 4 is 0 Å². The van der Waals surface area contributed by atoms with Gasteiger partial charge in [0.1, 0.15) is 0 Å². The third kappa shape index (κ3) is 1.89. The molecule has 0 amide bonds. The summed E-state index contributed by atoms with van der Waals surface area (Å²) in [7, 11) is 2.07. The molecule has 2 rings (SSSR count). The van der Waals surface area contributed by atoms with Crippen molar-refractivity contribution in [2.24, 2.45) is 0 Å². The minimum atomic E-state index is 0.249. The second-order valence-corrected chi connectivity index (χ2v) is 6.07. The van der Waals surface area contributed by atoms with Gasteiger partial charge in [0, 0.05) is 6.04 Å². The Morgan fingerprint density at radius 3 is 2.44 bits per heavy atom. The van der Waals surface area contributed by atoms with E-state index < -0.39 is 0 Å². The molecule has 0 saturated heterocycles. The molecule has 88 valence electrons. The Labute approximate surface area is 99.3 Å². The van der Waals surface area contributed by atoms with Crippen LogP contribution in [0.25, 0.3) is 0 Å². The first-order valence-corrected chi connectivity index (χ1v) is 6.25. The van der Waals surface area contributed by atoms with Crippen LogP contribution in [0.15, 0.2) is 18.2 Å². The molecule has 1 aromatic carbocycles. The monoisotopic (exact) mass is 217 g/mol. The van der Waals surface area contributed by atoms with Gasteiger partial charge in [0.15, 0.2) is 0 Å². The van der Waals surface area contributed by atoms with Crippen molar-refractivity contribution in [1.82, 2.24) is 5.32 Å². The van der Waals surface area contributed by atoms with E-state index in [1.807, 2.05) is 0 Å². The van der Waals surface area contributed by atoms with Gasteiger partial charge in [-0.3, -0.25) is 0 Å². The molecular weight excluding hydrogens is 194 g/mol. The van der Waals surface area contributed by atoms with Crippen LogP contribution >= 0.6 is 0 Å². The zero-order valence-electron chi connectivity index (χ0n) is 11.1. The highest BCUT2D eigenvalue weighted by Crippen LogP contribution is 2.41. The lowest BCUT2D eigenvalue weighted by Gasteiger charge is -2.21. The molecule has 0 fully saturated rings. The minimum Gasteiger partial charge on any atom is -0.313 e. The number of benzene rings is 1. The third-order valence-electron chi connectivity index (χ3n) is 3.80. The van der Waals surface area contributed by atoms with E-state index in [4.69, 9.17) is 0 Å². The summed E-state index contributed by atoms with van der Waals surface area (Å²) in [6, 6.07) is 7.58. The molecule has 0 saturated carbocycles. The molecule has 1 heteroatoms. The molecule has 1 N–H and O–H groups in total. The van der Waals surface area contributed by atoms with E-state index in [1.54, 1.807) is 0 Å². The molecule has 0 heterocycles. The van der Waals surface area contributed by atoms with Gasteiger partial charge in [0.05, 0.1) is 0 Å². The molecule has 1 aliphatic carbocycles. The fraction of sp³-hybridized carbons (Fsp3) is 0.600. The van der Waals surface area contributed by atoms with Crippen LogP contribution in [0, 0.1) is 0 Å². The molecule has 0 bridgehead atoms. The summed E-state index contributed by atoms with van der Waals surface area (Å²) in [5.74, 6) is 0.696. The molecule has 2 atom stereocenters. The van der Waals surface area contributed by atoms with E-state index in [-0.39, 0.29) is 5.41 Å². The van der Waals surface area contributed by atoms with Crippen LogP contribution in [0.3, 0.4) is 0 Å². The van der Waals surface area contributed by atoms with Gasteiger partial charge in [-0.25, -0.2) is 0 Å². The number of rotatable bonds is 1. The smallest absolute Gasteiger partial charge is 0.0326 e. The van der Waals surface area contributed by atoms with Crippen LogP contribution in [0.5, 0.6) is 0 Å². The fourth-order valence-corrected chi connectivity index (χ4v) is 2.67. The fourth-order valence-electron chi connectivity index (χ4n) is 2.67. The van der Waals surface area contributed by atoms with Gasteiger partial charge in [0.2, 0.25) is 0 Å². The third-order valence-corrected chi connectivity index (χ3v) is 3.80. The Bertz CT molecular complexity index is 387. The van der Waals surface area contributed by atoms with Crippen molar-refractivity contribution in [1.29, 1.82) is 0 Å². The first-order chi connectivity index (χ1) is 7.43. The Hall–Kier alpha value is -0.820. The zero-order valence-corrected chi connectivity index (χ0v) is 11.1. The van der Waals surface area contributed by atoms with Gasteiger partial charge in [-0.1, -0.05) is 45.9 Å². The van der Waals surface area contributed by atoms with Crippen molar-refractivity contribution in [2.75, 3.05) is 7.05 Å². The maximum absolute atomic E-state index is 3.43. The standard InChI is InChI=1S/C15H23N/c1-10-8-14(16-5)13-9-11(15(2,3)4)6-7-12(10)13/h6-7,9-10,14,16H,8H2,1-5H3. The maximum atomic E-state index is 3.43. The SMILES string of the molecule is CNC1CC(C)c2ccc(C(C)(C)C)cc21. The van der Waals surface area contributed by atoms with Crippen molar-refractivity contribution in [3.8, 4) is 0 Å². The highest BCUT2D eigenvalue weighted by atomic mass is 14.9. The molecule has 0 aliphatic heterocycles. The van der Waals surface area contributed by atoms with E-state index in [1.165, 1.54) is 23.1 Å². The Kier molecular flexibility index (Phi) is 2.83. The number of hydrogen-bond acceptors (Lipinski definition) is 1. The summed E-state index contributed by atoms with van der Waals surface area (Å²) >= 11 is 0. The number of nitrogens with one attached hydrogen (secondary N) is 1. The molecule has 0 spiro atoms. The van der Waals surface area contributed by atoms with Crippen LogP contribution < -0.4 is 5.32 Å². The van der Waals surface area contributed by atoms with E-state index in [2.05, 4.69) is 58.3 Å². The predicted molar refractivity (Wildman–Crippen MR) is 70.0 cm³/mol. The first-order valence-electron chi connectivity index (χ1n) is 6.25. The lowest BCUT2D eigenvalue weighted by atomic mass is 9.85. The first kappa shape index (κ1) is 11.7. The summed E-state index contributed by atoms with van der Waals surface area (Å²) in [6.07, 6.45) is 1.24. The zero-order chi connectivity index (χ0) is 11.9. The van der Waals surface area contributed by atoms with Crippen LogP contribution in [-0.2, 0) is 5.41 Å². The molecule has 0 radical (unpaired) electrons. The second-order valence-electron chi connectivity index (χ2n) is 6.07. The highest BCUT2D eigenvalue weighted by Gasteiger charge is 2.28. The number of fused-ring (bicyclic) bond motifs is 1. The second kappa shape index (κ2) is 3.89. The predicted octanol–water partition coefficient (Wildman–Crippen LogP) is 3.75. The molecule has 1 nitrogen and oxygen atoms in total. The summed E-state index contributed by atoms with van der Waals surface area (Å²) in [4.78, 5) is 0. The normalized spacial score (nSPS) is 24.6. The van der Waals surface area contributed by atoms with Gasteiger partial charge >= 0.3 is 0 Å². The lowest BCUT2D eigenvalue weighted by Crippen LogP contribution is -2.15. The van der Waals surface area contributed by atoms with Gasteiger partial charge < -0.3 is 5.32 Å². The van der Waals surface area contributed by atoms with Gasteiger partial charge in [0.25, 0.3) is 0 Å². The van der Waals surface area contributed by atoms with Crippen molar-refractivity contribution < 1.29 is 0 Å². The van der Waals surface area contributed by atoms with E-state index in [0.29, 0.717) is 12.0 Å². The molecule has 1 aliphatic rings. The topological polar surface area (TPSA) is 12.0 Å². The Balaban J connectivity index is 2.46. The van der Waals surface area contributed by atoms with Crippen LogP contribution in [0.1, 0.15) is 62.8 Å². The van der Waals surface area contributed by atoms with Crippen molar-refractivity contribution in [3.63, 3.8) is 0 Å². The van der Waals surface area contributed by atoms with Crippen molar-refractivity contribution in [3.05, 3.63) is 34.9 Å². The van der Waals surface area contributed by atoms with Crippen LogP contribution in [-0.4, -0.2) is 7.05 Å². The van der Waals surface area contributed by atoms with Gasteiger partial charge in [-0.15, -0.1) is 0 Å². The van der Waals surface area contributed by atoms with E-state index in [0.717, 1.165) is 0 Å². The summed E-state index contributed by atoms with van der Waals surface area (Å²) < 4.78 is 0. The average molecular weight is 217 g/mol. The maximum Gasteiger partial charge on any atom is 0.0326 e. The summed E-state index contributed by atoms with van der Waals surface area (Å²) in [5, 5.41) is 3.43. The lowest BCUT2D eigenvalue weighted by molar-refractivity contribution is 0.550. The van der Waals surface area contributed by atoms with Gasteiger partial charge in [-0.2, -0.15) is 0 Å². The summed E-state index contributed by atoms with van der Waals surface area (Å²) in [5.41, 5.74) is 4.74. The number of hydrogen-bond donors (Lipinski definition) is 1. The van der Waals surface area contributed by atoms with E-state index in [9.17, 15) is 0 Å². The molecule has 16 heavy (non-hydrogen) atoms. The van der Waals surface area contributed by atoms with Crippen molar-refractivity contribution in [2.45, 2.75) is 51.5 Å². The average Bonchev–Trinajstić information content (AvgIpc) is 2.54. The molecule has 0 aromatic heterocycles. The van der Waals surface area contributed by atoms with Gasteiger partial charge in [-0.05, 0) is 41.5 Å². The largest absolute Gasteiger partial charge is 0.313 e. The molecule has 2 unspecified atom stereocenters. The Morgan fingerprint density at radius 1 is 1.19 bits per heavy atom. The highest BCUT2D eigenvalue weighted by molar-refractivity contribution is 5.42. The minimum absolute atomic E-state index is 0.249.